The van der Waals surface area contributed by atoms with E-state index >= 15 is 0 Å². The van der Waals surface area contributed by atoms with Crippen LogP contribution in [0.1, 0.15) is 5.69 Å². The number of nitrogens with zero attached hydrogens (tertiary/aromatic N) is 4. The maximum absolute atomic E-state index is 11.9. The Morgan fingerprint density at radius 1 is 1.14 bits per heavy atom. The highest BCUT2D eigenvalue weighted by molar-refractivity contribution is 5.04. The zero-order chi connectivity index (χ0) is 15.0. The average molecular weight is 293 g/mol. The van der Waals surface area contributed by atoms with Crippen molar-refractivity contribution in [3.05, 3.63) is 32.6 Å². The summed E-state index contributed by atoms with van der Waals surface area (Å²) in [5, 5.41) is 3.36. The second-order valence-corrected chi connectivity index (χ2v) is 6.01. The van der Waals surface area contributed by atoms with Crippen molar-refractivity contribution in [1.29, 1.82) is 0 Å². The molecule has 0 aliphatic carbocycles. The van der Waals surface area contributed by atoms with Crippen molar-refractivity contribution in [2.45, 2.75) is 12.6 Å². The molecule has 7 nitrogen and oxygen atoms in total. The molecule has 1 aromatic heterocycles. The summed E-state index contributed by atoms with van der Waals surface area (Å²) >= 11 is 0. The molecule has 0 unspecified atom stereocenters. The van der Waals surface area contributed by atoms with E-state index in [1.165, 1.54) is 7.05 Å². The van der Waals surface area contributed by atoms with Gasteiger partial charge in [-0.1, -0.05) is 0 Å². The molecular weight excluding hydrogens is 270 g/mol. The largest absolute Gasteiger partial charge is 0.330 e. The molecule has 3 heterocycles. The minimum absolute atomic E-state index is 0.229. The molecule has 21 heavy (non-hydrogen) atoms. The van der Waals surface area contributed by atoms with Crippen LogP contribution >= 0.6 is 0 Å². The maximum Gasteiger partial charge on any atom is 0.330 e. The summed E-state index contributed by atoms with van der Waals surface area (Å²) in [4.78, 5) is 28.4. The Labute approximate surface area is 123 Å². The van der Waals surface area contributed by atoms with Gasteiger partial charge in [-0.3, -0.25) is 23.7 Å². The van der Waals surface area contributed by atoms with Gasteiger partial charge in [-0.15, -0.1) is 0 Å². The summed E-state index contributed by atoms with van der Waals surface area (Å²) in [7, 11) is 3.24. The van der Waals surface area contributed by atoms with E-state index in [0.29, 0.717) is 12.6 Å². The monoisotopic (exact) mass is 293 g/mol. The number of aromatic nitrogens is 2. The van der Waals surface area contributed by atoms with Gasteiger partial charge in [0.15, 0.2) is 0 Å². The van der Waals surface area contributed by atoms with Gasteiger partial charge in [-0.25, -0.2) is 4.79 Å². The lowest BCUT2D eigenvalue weighted by atomic mass is 10.1. The first-order chi connectivity index (χ1) is 10.1. The van der Waals surface area contributed by atoms with Gasteiger partial charge >= 0.3 is 5.69 Å². The minimum atomic E-state index is -0.253. The zero-order valence-electron chi connectivity index (χ0n) is 12.7. The van der Waals surface area contributed by atoms with Crippen LogP contribution in [0.4, 0.5) is 0 Å². The van der Waals surface area contributed by atoms with E-state index < -0.39 is 0 Å². The number of likely N-dealkylation sites (tertiary alicyclic amines) is 1. The second-order valence-electron chi connectivity index (χ2n) is 6.01. The fraction of sp³-hybridized carbons (Fsp3) is 0.714. The minimum Gasteiger partial charge on any atom is -0.314 e. The summed E-state index contributed by atoms with van der Waals surface area (Å²) in [6.45, 7) is 7.07. The number of rotatable bonds is 3. The summed E-state index contributed by atoms with van der Waals surface area (Å²) < 4.78 is 2.71. The van der Waals surface area contributed by atoms with E-state index in [2.05, 4.69) is 15.1 Å². The van der Waals surface area contributed by atoms with E-state index in [9.17, 15) is 9.59 Å². The maximum atomic E-state index is 11.9. The van der Waals surface area contributed by atoms with E-state index in [0.717, 1.165) is 49.5 Å². The second kappa shape index (κ2) is 5.75. The predicted octanol–water partition coefficient (Wildman–Crippen LogP) is -1.83. The van der Waals surface area contributed by atoms with Crippen molar-refractivity contribution in [2.75, 3.05) is 39.3 Å². The highest BCUT2D eigenvalue weighted by Crippen LogP contribution is 2.17. The molecule has 0 saturated carbocycles. The lowest BCUT2D eigenvalue weighted by Gasteiger charge is -2.46. The van der Waals surface area contributed by atoms with Crippen molar-refractivity contribution < 1.29 is 0 Å². The third-order valence-electron chi connectivity index (χ3n) is 4.62. The molecule has 0 bridgehead atoms. The van der Waals surface area contributed by atoms with Crippen LogP contribution in [-0.4, -0.2) is 64.2 Å². The molecule has 7 heteroatoms. The first-order valence-electron chi connectivity index (χ1n) is 7.49. The molecule has 2 fully saturated rings. The zero-order valence-corrected chi connectivity index (χ0v) is 12.7. The fourth-order valence-corrected chi connectivity index (χ4v) is 3.11. The third kappa shape index (κ3) is 2.81. The van der Waals surface area contributed by atoms with Crippen molar-refractivity contribution in [2.24, 2.45) is 14.1 Å². The Morgan fingerprint density at radius 3 is 2.48 bits per heavy atom. The number of piperazine rings is 1. The van der Waals surface area contributed by atoms with Crippen molar-refractivity contribution in [3.63, 3.8) is 0 Å². The molecule has 1 N–H and O–H groups in total. The van der Waals surface area contributed by atoms with E-state index in [1.807, 2.05) is 0 Å². The van der Waals surface area contributed by atoms with Gasteiger partial charge in [0.2, 0.25) is 0 Å². The Kier molecular flexibility index (Phi) is 3.97. The standard InChI is InChI=1S/C14H23N5O2/c1-16-11(7-13(20)17(2)14(16)21)8-18-9-12(10-18)19-5-3-15-4-6-19/h7,12,15H,3-6,8-10H2,1-2H3. The highest BCUT2D eigenvalue weighted by Gasteiger charge is 2.32. The Morgan fingerprint density at radius 2 is 1.81 bits per heavy atom. The van der Waals surface area contributed by atoms with Crippen molar-refractivity contribution >= 4 is 0 Å². The molecule has 0 atom stereocenters. The van der Waals surface area contributed by atoms with Crippen LogP contribution in [0.25, 0.3) is 0 Å². The van der Waals surface area contributed by atoms with Gasteiger partial charge in [0.1, 0.15) is 0 Å². The van der Waals surface area contributed by atoms with Crippen LogP contribution in [0.3, 0.4) is 0 Å². The van der Waals surface area contributed by atoms with Gasteiger partial charge in [0.25, 0.3) is 5.56 Å². The topological polar surface area (TPSA) is 62.5 Å². The van der Waals surface area contributed by atoms with Gasteiger partial charge in [0.05, 0.1) is 0 Å². The van der Waals surface area contributed by atoms with Crippen LogP contribution in [-0.2, 0) is 20.6 Å². The Bertz CT molecular complexity index is 623. The van der Waals surface area contributed by atoms with Crippen LogP contribution in [0, 0.1) is 0 Å². The number of nitrogens with one attached hydrogen (secondary N) is 1. The van der Waals surface area contributed by atoms with Crippen molar-refractivity contribution in [3.8, 4) is 0 Å². The first-order valence-corrected chi connectivity index (χ1v) is 7.49. The van der Waals surface area contributed by atoms with Gasteiger partial charge in [-0.2, -0.15) is 0 Å². The molecule has 1 aromatic rings. The molecule has 0 amide bonds. The Balaban J connectivity index is 1.62. The quantitative estimate of drug-likeness (QED) is 0.711. The molecule has 2 saturated heterocycles. The molecule has 0 radical (unpaired) electrons. The van der Waals surface area contributed by atoms with Crippen LogP contribution in [0.2, 0.25) is 0 Å². The SMILES string of the molecule is Cn1c(CN2CC(N3CCNCC3)C2)cc(=O)n(C)c1=O. The first kappa shape index (κ1) is 14.5. The molecule has 2 aliphatic heterocycles. The summed E-state index contributed by atoms with van der Waals surface area (Å²) in [6.07, 6.45) is 0. The van der Waals surface area contributed by atoms with Crippen LogP contribution in [0.5, 0.6) is 0 Å². The number of hydrogen-bond acceptors (Lipinski definition) is 5. The molecule has 0 spiro atoms. The Hall–Kier alpha value is -1.44. The molecule has 116 valence electrons. The predicted molar refractivity (Wildman–Crippen MR) is 80.4 cm³/mol. The van der Waals surface area contributed by atoms with Gasteiger partial charge < -0.3 is 5.32 Å². The summed E-state index contributed by atoms with van der Waals surface area (Å²) in [5.41, 5.74) is 0.311. The van der Waals surface area contributed by atoms with E-state index in [4.69, 9.17) is 0 Å². The fourth-order valence-electron chi connectivity index (χ4n) is 3.11. The van der Waals surface area contributed by atoms with Gasteiger partial charge in [0, 0.05) is 77.7 Å². The van der Waals surface area contributed by atoms with Gasteiger partial charge in [-0.05, 0) is 0 Å². The van der Waals surface area contributed by atoms with Crippen LogP contribution in [0.15, 0.2) is 15.7 Å². The average Bonchev–Trinajstić information content (AvgIpc) is 2.46. The normalized spacial score (nSPS) is 21.4. The smallest absolute Gasteiger partial charge is 0.314 e. The summed E-state index contributed by atoms with van der Waals surface area (Å²) in [6, 6.07) is 2.19. The third-order valence-corrected chi connectivity index (χ3v) is 4.62. The molecule has 0 aromatic carbocycles. The molecular formula is C14H23N5O2. The summed E-state index contributed by atoms with van der Waals surface area (Å²) in [5.74, 6) is 0. The molecule has 2 aliphatic rings. The van der Waals surface area contributed by atoms with E-state index in [1.54, 1.807) is 17.7 Å². The van der Waals surface area contributed by atoms with Crippen molar-refractivity contribution in [1.82, 2.24) is 24.3 Å². The lowest BCUT2D eigenvalue weighted by Crippen LogP contribution is -2.62. The highest BCUT2D eigenvalue weighted by atomic mass is 16.2. The van der Waals surface area contributed by atoms with E-state index in [-0.39, 0.29) is 11.2 Å². The lowest BCUT2D eigenvalue weighted by molar-refractivity contribution is 0.0208. The number of hydrogen-bond donors (Lipinski definition) is 1. The molecule has 3 rings (SSSR count). The van der Waals surface area contributed by atoms with Crippen LogP contribution < -0.4 is 16.6 Å².